The lowest BCUT2D eigenvalue weighted by atomic mass is 9.80. The normalized spacial score (nSPS) is 25.3. The molecule has 1 aromatic heterocycles. The van der Waals surface area contributed by atoms with Crippen LogP contribution in [-0.4, -0.2) is 65.5 Å². The fourth-order valence-electron chi connectivity index (χ4n) is 3.84. The van der Waals surface area contributed by atoms with Crippen LogP contribution in [0.4, 0.5) is 0 Å². The summed E-state index contributed by atoms with van der Waals surface area (Å²) in [7, 11) is 0. The molecule has 26 heavy (non-hydrogen) atoms. The molecule has 2 atom stereocenters. The number of carbonyl (C=O) groups excluding carboxylic acids is 1. The van der Waals surface area contributed by atoms with E-state index in [9.17, 15) is 4.79 Å². The highest BCUT2D eigenvalue weighted by Crippen LogP contribution is 2.41. The Morgan fingerprint density at radius 1 is 1.38 bits per heavy atom. The van der Waals surface area contributed by atoms with E-state index in [1.165, 1.54) is 0 Å². The summed E-state index contributed by atoms with van der Waals surface area (Å²) in [5.74, 6) is 1.20. The molecule has 0 bridgehead atoms. The highest BCUT2D eigenvalue weighted by atomic mass is 16.5. The van der Waals surface area contributed by atoms with Crippen LogP contribution in [0.25, 0.3) is 11.5 Å². The number of aliphatic hydroxyl groups is 1. The molecule has 0 saturated carbocycles. The van der Waals surface area contributed by atoms with Gasteiger partial charge < -0.3 is 19.7 Å². The van der Waals surface area contributed by atoms with Crippen molar-refractivity contribution in [3.05, 3.63) is 36.2 Å². The van der Waals surface area contributed by atoms with E-state index in [1.54, 1.807) is 0 Å². The molecule has 0 aliphatic carbocycles. The Hall–Kier alpha value is -2.29. The van der Waals surface area contributed by atoms with Gasteiger partial charge in [-0.2, -0.15) is 4.98 Å². The van der Waals surface area contributed by atoms with Gasteiger partial charge in [-0.05, 0) is 12.1 Å². The number of benzene rings is 1. The number of likely N-dealkylation sites (tertiary alicyclic amines) is 1. The summed E-state index contributed by atoms with van der Waals surface area (Å²) in [5.41, 5.74) is 0.332. The Morgan fingerprint density at radius 3 is 3.04 bits per heavy atom. The third kappa shape index (κ3) is 3.11. The van der Waals surface area contributed by atoms with E-state index in [2.05, 4.69) is 20.4 Å². The molecule has 2 aliphatic rings. The molecule has 2 saturated heterocycles. The number of ether oxygens (including phenoxy) is 1. The molecular weight excluding hydrogens is 336 g/mol. The molecule has 1 aromatic carbocycles. The molecule has 4 rings (SSSR count). The second kappa shape index (κ2) is 7.14. The zero-order valence-corrected chi connectivity index (χ0v) is 14.4. The van der Waals surface area contributed by atoms with Gasteiger partial charge in [-0.25, -0.2) is 0 Å². The zero-order valence-electron chi connectivity index (χ0n) is 14.4. The molecule has 1 amide bonds. The maximum atomic E-state index is 12.6. The minimum absolute atomic E-state index is 0.0466. The number of rotatable bonds is 6. The van der Waals surface area contributed by atoms with Crippen molar-refractivity contribution < 1.29 is 19.2 Å². The van der Waals surface area contributed by atoms with E-state index in [0.717, 1.165) is 12.1 Å². The molecule has 2 aromatic rings. The van der Waals surface area contributed by atoms with Crippen LogP contribution in [0.3, 0.4) is 0 Å². The third-order valence-electron chi connectivity index (χ3n) is 5.15. The minimum atomic E-state index is -0.554. The maximum Gasteiger partial charge on any atom is 0.257 e. The topological polar surface area (TPSA) is 101 Å². The second-order valence-electron chi connectivity index (χ2n) is 6.90. The molecule has 2 fully saturated rings. The quantitative estimate of drug-likeness (QED) is 0.766. The Morgan fingerprint density at radius 2 is 2.23 bits per heavy atom. The lowest BCUT2D eigenvalue weighted by Crippen LogP contribution is -2.47. The Labute approximate surface area is 151 Å². The van der Waals surface area contributed by atoms with Crippen LogP contribution in [0, 0.1) is 11.3 Å². The first kappa shape index (κ1) is 17.1. The monoisotopic (exact) mass is 358 g/mol. The average molecular weight is 358 g/mol. The number of hydrogen-bond acceptors (Lipinski definition) is 7. The van der Waals surface area contributed by atoms with Crippen LogP contribution in [-0.2, 0) is 16.1 Å². The number of aromatic nitrogens is 2. The van der Waals surface area contributed by atoms with E-state index in [-0.39, 0.29) is 25.0 Å². The number of nitrogens with one attached hydrogen (secondary N) is 1. The van der Waals surface area contributed by atoms with Crippen molar-refractivity contribution in [1.82, 2.24) is 20.4 Å². The lowest BCUT2D eigenvalue weighted by Gasteiger charge is -2.25. The lowest BCUT2D eigenvalue weighted by molar-refractivity contribution is -0.131. The van der Waals surface area contributed by atoms with Gasteiger partial charge in [-0.15, -0.1) is 0 Å². The SMILES string of the molecule is O=C(NCCO)[C@]12COC[C@H]1CN(Cc1noc(-c3ccccc3)n1)C2. The summed E-state index contributed by atoms with van der Waals surface area (Å²) in [4.78, 5) is 19.3. The van der Waals surface area contributed by atoms with Crippen molar-refractivity contribution in [2.24, 2.45) is 11.3 Å². The fourth-order valence-corrected chi connectivity index (χ4v) is 3.84. The molecular formula is C18H22N4O4. The summed E-state index contributed by atoms with van der Waals surface area (Å²) in [6.07, 6.45) is 0. The van der Waals surface area contributed by atoms with Crippen LogP contribution in [0.2, 0.25) is 0 Å². The molecule has 2 N–H and O–H groups in total. The third-order valence-corrected chi connectivity index (χ3v) is 5.15. The average Bonchev–Trinajstić information content (AvgIpc) is 3.35. The number of hydrogen-bond donors (Lipinski definition) is 2. The van der Waals surface area contributed by atoms with Gasteiger partial charge in [0.05, 0.1) is 31.8 Å². The van der Waals surface area contributed by atoms with E-state index < -0.39 is 5.41 Å². The van der Waals surface area contributed by atoms with E-state index >= 15 is 0 Å². The van der Waals surface area contributed by atoms with Gasteiger partial charge in [0.15, 0.2) is 5.82 Å². The van der Waals surface area contributed by atoms with Crippen LogP contribution in [0.15, 0.2) is 34.9 Å². The van der Waals surface area contributed by atoms with Gasteiger partial charge in [0.2, 0.25) is 5.91 Å². The van der Waals surface area contributed by atoms with Gasteiger partial charge in [-0.1, -0.05) is 23.4 Å². The molecule has 8 nitrogen and oxygen atoms in total. The minimum Gasteiger partial charge on any atom is -0.395 e. The molecule has 0 radical (unpaired) electrons. The first-order valence-electron chi connectivity index (χ1n) is 8.78. The summed E-state index contributed by atoms with van der Waals surface area (Å²) in [5, 5.41) is 15.8. The van der Waals surface area contributed by atoms with E-state index in [1.807, 2.05) is 30.3 Å². The predicted octanol–water partition coefficient (Wildman–Crippen LogP) is 0.293. The molecule has 0 spiro atoms. The van der Waals surface area contributed by atoms with Gasteiger partial charge in [0, 0.05) is 31.1 Å². The number of amides is 1. The maximum absolute atomic E-state index is 12.6. The van der Waals surface area contributed by atoms with Gasteiger partial charge in [0.25, 0.3) is 5.89 Å². The smallest absolute Gasteiger partial charge is 0.257 e. The molecule has 3 heterocycles. The number of carbonyl (C=O) groups is 1. The van der Waals surface area contributed by atoms with Gasteiger partial charge in [-0.3, -0.25) is 9.69 Å². The molecule has 2 aliphatic heterocycles. The van der Waals surface area contributed by atoms with Crippen LogP contribution in [0.5, 0.6) is 0 Å². The van der Waals surface area contributed by atoms with Crippen LogP contribution >= 0.6 is 0 Å². The zero-order chi connectivity index (χ0) is 18.0. The van der Waals surface area contributed by atoms with Crippen molar-refractivity contribution >= 4 is 5.91 Å². The second-order valence-corrected chi connectivity index (χ2v) is 6.90. The number of fused-ring (bicyclic) bond motifs is 1. The Kier molecular flexibility index (Phi) is 4.71. The summed E-state index contributed by atoms with van der Waals surface area (Å²) >= 11 is 0. The van der Waals surface area contributed by atoms with Crippen molar-refractivity contribution in [1.29, 1.82) is 0 Å². The fraction of sp³-hybridized carbons (Fsp3) is 0.500. The first-order chi connectivity index (χ1) is 12.7. The number of nitrogens with zero attached hydrogens (tertiary/aromatic N) is 3. The highest BCUT2D eigenvalue weighted by Gasteiger charge is 2.55. The van der Waals surface area contributed by atoms with Crippen molar-refractivity contribution in [2.75, 3.05) is 39.5 Å². The van der Waals surface area contributed by atoms with Crippen molar-refractivity contribution in [2.45, 2.75) is 6.54 Å². The van der Waals surface area contributed by atoms with Crippen LogP contribution in [0.1, 0.15) is 5.82 Å². The van der Waals surface area contributed by atoms with Gasteiger partial charge in [0.1, 0.15) is 0 Å². The molecule has 8 heteroatoms. The van der Waals surface area contributed by atoms with Crippen molar-refractivity contribution in [3.8, 4) is 11.5 Å². The summed E-state index contributed by atoms with van der Waals surface area (Å²) in [6.45, 7) is 3.05. The first-order valence-corrected chi connectivity index (χ1v) is 8.78. The summed E-state index contributed by atoms with van der Waals surface area (Å²) < 4.78 is 10.9. The van der Waals surface area contributed by atoms with Crippen LogP contribution < -0.4 is 5.32 Å². The van der Waals surface area contributed by atoms with Gasteiger partial charge >= 0.3 is 0 Å². The molecule has 138 valence electrons. The van der Waals surface area contributed by atoms with E-state index in [0.29, 0.717) is 38.0 Å². The standard InChI is InChI=1S/C18H22N4O4/c23-7-6-19-17(24)18-11-22(8-14(18)10-25-12-18)9-15-20-16(26-21-15)13-4-2-1-3-5-13/h1-5,14,23H,6-12H2,(H,19,24)/t14-,18-/m1/s1. The largest absolute Gasteiger partial charge is 0.395 e. The summed E-state index contributed by atoms with van der Waals surface area (Å²) in [6, 6.07) is 9.64. The molecule has 0 unspecified atom stereocenters. The predicted molar refractivity (Wildman–Crippen MR) is 91.8 cm³/mol. The number of aliphatic hydroxyl groups excluding tert-OH is 1. The Balaban J connectivity index is 1.44. The van der Waals surface area contributed by atoms with Crippen molar-refractivity contribution in [3.63, 3.8) is 0 Å². The Bertz CT molecular complexity index is 766. The van der Waals surface area contributed by atoms with E-state index in [4.69, 9.17) is 14.4 Å². The highest BCUT2D eigenvalue weighted by molar-refractivity contribution is 5.84.